The predicted molar refractivity (Wildman–Crippen MR) is 222 cm³/mol. The first-order chi connectivity index (χ1) is 23.7. The third-order valence-corrected chi connectivity index (χ3v) is 10.6. The summed E-state index contributed by atoms with van der Waals surface area (Å²) in [5, 5.41) is 17.0. The molecular weight excluding hydrogens is 617 g/mol. The van der Waals surface area contributed by atoms with Gasteiger partial charge >= 0.3 is 11.9 Å². The fourth-order valence-electron chi connectivity index (χ4n) is 6.59. The van der Waals surface area contributed by atoms with Gasteiger partial charge in [-0.2, -0.15) is 0 Å². The van der Waals surface area contributed by atoms with E-state index in [1.807, 2.05) is 0 Å². The maximum absolute atomic E-state index is 10.3. The van der Waals surface area contributed by atoms with Gasteiger partial charge in [-0.3, -0.25) is 9.59 Å². The summed E-state index contributed by atoms with van der Waals surface area (Å²) in [7, 11) is 0. The lowest BCUT2D eigenvalue weighted by Gasteiger charge is -2.38. The van der Waals surface area contributed by atoms with Gasteiger partial charge in [0.2, 0.25) is 0 Å². The molecule has 0 rings (SSSR count). The van der Waals surface area contributed by atoms with E-state index in [0.29, 0.717) is 23.7 Å². The first-order valence-corrected chi connectivity index (χ1v) is 22.1. The zero-order chi connectivity index (χ0) is 38.4. The topological polar surface area (TPSA) is 74.6 Å². The minimum absolute atomic E-state index is 0.345. The number of unbranched alkanes of at least 4 members (excludes halogenated alkanes) is 28. The molecule has 0 aromatic carbocycles. The van der Waals surface area contributed by atoms with E-state index in [-0.39, 0.29) is 0 Å². The normalized spacial score (nSPS) is 11.6. The highest BCUT2D eigenvalue weighted by Crippen LogP contribution is 2.38. The van der Waals surface area contributed by atoms with Crippen LogP contribution in [0.2, 0.25) is 0 Å². The van der Waals surface area contributed by atoms with Crippen LogP contribution in [-0.2, 0) is 9.59 Å². The van der Waals surface area contributed by atoms with Crippen molar-refractivity contribution in [3.8, 4) is 0 Å². The van der Waals surface area contributed by atoms with Crippen molar-refractivity contribution in [1.29, 1.82) is 0 Å². The van der Waals surface area contributed by atoms with E-state index in [0.717, 1.165) is 31.6 Å². The molecular formula is C46H94O4. The minimum atomic E-state index is -0.653. The van der Waals surface area contributed by atoms with E-state index in [4.69, 9.17) is 10.2 Å². The van der Waals surface area contributed by atoms with E-state index in [1.54, 1.807) is 0 Å². The molecule has 0 heterocycles. The number of carboxylic acids is 2. The molecule has 0 saturated heterocycles. The highest BCUT2D eigenvalue weighted by molar-refractivity contribution is 5.66. The van der Waals surface area contributed by atoms with Gasteiger partial charge in [0, 0.05) is 12.8 Å². The number of rotatable bonds is 32. The Kier molecular flexibility index (Phi) is 41.7. The Bertz CT molecular complexity index is 629. The number of hydrogen-bond acceptors (Lipinski definition) is 2. The van der Waals surface area contributed by atoms with Gasteiger partial charge in [-0.1, -0.05) is 242 Å². The molecule has 302 valence electrons. The molecule has 0 aliphatic rings. The fourth-order valence-corrected chi connectivity index (χ4v) is 6.59. The maximum Gasteiger partial charge on any atom is 0.303 e. The molecule has 0 atom stereocenters. The van der Waals surface area contributed by atoms with Gasteiger partial charge in [-0.05, 0) is 29.6 Å². The van der Waals surface area contributed by atoms with E-state index in [9.17, 15) is 9.59 Å². The zero-order valence-corrected chi connectivity index (χ0v) is 35.9. The van der Waals surface area contributed by atoms with Crippen molar-refractivity contribution < 1.29 is 19.8 Å². The van der Waals surface area contributed by atoms with Crippen molar-refractivity contribution in [2.45, 2.75) is 268 Å². The quantitative estimate of drug-likeness (QED) is 0.0682. The molecule has 0 saturated carbocycles. The van der Waals surface area contributed by atoms with Crippen LogP contribution in [0.25, 0.3) is 0 Å². The number of carboxylic acid groups (broad SMARTS) is 2. The molecule has 0 aliphatic carbocycles. The third kappa shape index (κ3) is 49.1. The monoisotopic (exact) mass is 711 g/mol. The van der Waals surface area contributed by atoms with Crippen LogP contribution in [0.1, 0.15) is 268 Å². The summed E-state index contributed by atoms with van der Waals surface area (Å²) in [5.41, 5.74) is 0.885. The number of aliphatic carboxylic acids is 2. The average Bonchev–Trinajstić information content (AvgIpc) is 3.04. The molecule has 0 aromatic rings. The Morgan fingerprint density at radius 2 is 0.520 bits per heavy atom. The summed E-state index contributed by atoms with van der Waals surface area (Å²) in [6.07, 6.45) is 40.4. The zero-order valence-electron chi connectivity index (χ0n) is 35.9. The van der Waals surface area contributed by atoms with Crippen molar-refractivity contribution in [2.24, 2.45) is 16.7 Å². The summed E-state index contributed by atoms with van der Waals surface area (Å²) >= 11 is 0. The van der Waals surface area contributed by atoms with E-state index in [2.05, 4.69) is 62.3 Å². The smallest absolute Gasteiger partial charge is 0.303 e. The van der Waals surface area contributed by atoms with Crippen molar-refractivity contribution in [1.82, 2.24) is 0 Å². The van der Waals surface area contributed by atoms with E-state index < -0.39 is 11.9 Å². The lowest BCUT2D eigenvalue weighted by atomic mass is 9.68. The summed E-state index contributed by atoms with van der Waals surface area (Å²) < 4.78 is 0. The van der Waals surface area contributed by atoms with Crippen molar-refractivity contribution in [2.75, 3.05) is 0 Å². The van der Waals surface area contributed by atoms with Crippen LogP contribution in [-0.4, -0.2) is 22.2 Å². The maximum atomic E-state index is 10.3. The fraction of sp³-hybridized carbons (Fsp3) is 0.957. The SMILES string of the molecule is CC(C(C)(C)C)C(C)(C)C.CCCCCCCCCCCCCCCCCC(=O)O.CCCCCCCCCCCCCCCCCC(=O)O. The van der Waals surface area contributed by atoms with Gasteiger partial charge in [-0.15, -0.1) is 0 Å². The average molecular weight is 711 g/mol. The Morgan fingerprint density at radius 3 is 0.640 bits per heavy atom. The van der Waals surface area contributed by atoms with Crippen LogP contribution < -0.4 is 0 Å². The molecule has 0 bridgehead atoms. The highest BCUT2D eigenvalue weighted by atomic mass is 16.4. The van der Waals surface area contributed by atoms with E-state index in [1.165, 1.54) is 167 Å². The minimum Gasteiger partial charge on any atom is -0.481 e. The van der Waals surface area contributed by atoms with Crippen molar-refractivity contribution >= 4 is 11.9 Å². The Morgan fingerprint density at radius 1 is 0.360 bits per heavy atom. The van der Waals surface area contributed by atoms with Crippen LogP contribution in [0.4, 0.5) is 0 Å². The molecule has 0 fully saturated rings. The summed E-state index contributed by atoms with van der Waals surface area (Å²) in [5.74, 6) is -0.542. The van der Waals surface area contributed by atoms with Crippen LogP contribution in [0, 0.1) is 16.7 Å². The number of hydrogen-bond donors (Lipinski definition) is 2. The van der Waals surface area contributed by atoms with Crippen molar-refractivity contribution in [3.63, 3.8) is 0 Å². The molecule has 4 heteroatoms. The first-order valence-electron chi connectivity index (χ1n) is 22.1. The Balaban J connectivity index is -0.000000701. The van der Waals surface area contributed by atoms with Crippen molar-refractivity contribution in [3.05, 3.63) is 0 Å². The molecule has 0 spiro atoms. The van der Waals surface area contributed by atoms with Crippen LogP contribution in [0.5, 0.6) is 0 Å². The second kappa shape index (κ2) is 39.2. The third-order valence-electron chi connectivity index (χ3n) is 10.6. The van der Waals surface area contributed by atoms with Gasteiger partial charge in [-0.25, -0.2) is 0 Å². The molecule has 0 aromatic heterocycles. The van der Waals surface area contributed by atoms with Gasteiger partial charge in [0.1, 0.15) is 0 Å². The molecule has 0 radical (unpaired) electrons. The molecule has 50 heavy (non-hydrogen) atoms. The summed E-state index contributed by atoms with van der Waals surface area (Å²) in [4.78, 5) is 20.7. The van der Waals surface area contributed by atoms with Crippen LogP contribution >= 0.6 is 0 Å². The number of carbonyl (C=O) groups is 2. The Labute approximate surface area is 315 Å². The summed E-state index contributed by atoms with van der Waals surface area (Å²) in [6, 6.07) is 0. The lowest BCUT2D eigenvalue weighted by molar-refractivity contribution is -0.138. The summed E-state index contributed by atoms with van der Waals surface area (Å²) in [6.45, 7) is 20.7. The standard InChI is InChI=1S/2C18H36O2.C10H22/c2*1-2-3-4-5-6-7-8-9-10-11-12-13-14-15-16-17-18(19)20;1-8(9(2,3)4)10(5,6)7/h2*2-17H2,1H3,(H,19,20);8H,1-7H3. The van der Waals surface area contributed by atoms with Crippen LogP contribution in [0.3, 0.4) is 0 Å². The second-order valence-electron chi connectivity index (χ2n) is 17.6. The van der Waals surface area contributed by atoms with E-state index >= 15 is 0 Å². The van der Waals surface area contributed by atoms with Gasteiger partial charge in [0.15, 0.2) is 0 Å². The first kappa shape index (κ1) is 53.3. The lowest BCUT2D eigenvalue weighted by Crippen LogP contribution is -2.29. The molecule has 4 nitrogen and oxygen atoms in total. The highest BCUT2D eigenvalue weighted by Gasteiger charge is 2.30. The molecule has 2 N–H and O–H groups in total. The molecule has 0 amide bonds. The van der Waals surface area contributed by atoms with Gasteiger partial charge in [0.05, 0.1) is 0 Å². The second-order valence-corrected chi connectivity index (χ2v) is 17.6. The molecule has 0 aliphatic heterocycles. The van der Waals surface area contributed by atoms with Gasteiger partial charge < -0.3 is 10.2 Å². The predicted octanol–water partition coefficient (Wildman–Crippen LogP) is 16.4. The van der Waals surface area contributed by atoms with Crippen LogP contribution in [0.15, 0.2) is 0 Å². The van der Waals surface area contributed by atoms with Gasteiger partial charge in [0.25, 0.3) is 0 Å². The Hall–Kier alpha value is -1.06. The molecule has 0 unspecified atom stereocenters. The largest absolute Gasteiger partial charge is 0.481 e.